The van der Waals surface area contributed by atoms with Gasteiger partial charge in [-0.25, -0.2) is 15.0 Å². The molecule has 3 nitrogen and oxygen atoms in total. The van der Waals surface area contributed by atoms with Gasteiger partial charge in [-0.15, -0.1) is 0 Å². The second kappa shape index (κ2) is 16.0. The van der Waals surface area contributed by atoms with Crippen molar-refractivity contribution in [1.82, 2.24) is 15.0 Å². The molecular weight excluding hydrogens is 787 g/mol. The Morgan fingerprint density at radius 1 is 0.262 bits per heavy atom. The summed E-state index contributed by atoms with van der Waals surface area (Å²) in [6.45, 7) is 0. The minimum absolute atomic E-state index is 0.504. The van der Waals surface area contributed by atoms with Crippen LogP contribution in [0.25, 0.3) is 89.4 Å². The fourth-order valence-corrected chi connectivity index (χ4v) is 10.1. The van der Waals surface area contributed by atoms with Gasteiger partial charge in [-0.1, -0.05) is 243 Å². The summed E-state index contributed by atoms with van der Waals surface area (Å²) in [7, 11) is 0. The van der Waals surface area contributed by atoms with Gasteiger partial charge in [0.05, 0.1) is 5.41 Å². The van der Waals surface area contributed by atoms with E-state index in [9.17, 15) is 0 Å². The second-order valence-electron chi connectivity index (χ2n) is 16.7. The molecular formula is C62H41N3. The zero-order chi connectivity index (χ0) is 43.2. The van der Waals surface area contributed by atoms with Gasteiger partial charge in [0, 0.05) is 16.7 Å². The molecule has 1 aliphatic rings. The van der Waals surface area contributed by atoms with Gasteiger partial charge in [0.15, 0.2) is 17.5 Å². The Morgan fingerprint density at radius 2 is 0.708 bits per heavy atom. The van der Waals surface area contributed by atoms with Crippen LogP contribution < -0.4 is 0 Å². The first kappa shape index (κ1) is 38.2. The minimum Gasteiger partial charge on any atom is -0.208 e. The van der Waals surface area contributed by atoms with Crippen molar-refractivity contribution in [3.05, 3.63) is 271 Å². The van der Waals surface area contributed by atoms with Crippen LogP contribution in [-0.2, 0) is 5.41 Å². The lowest BCUT2D eigenvalue weighted by Crippen LogP contribution is -2.28. The Hall–Kier alpha value is -8.53. The smallest absolute Gasteiger partial charge is 0.164 e. The molecule has 11 aromatic rings. The summed E-state index contributed by atoms with van der Waals surface area (Å²) in [4.78, 5) is 15.4. The summed E-state index contributed by atoms with van der Waals surface area (Å²) in [5, 5.41) is 2.36. The molecule has 10 aromatic carbocycles. The van der Waals surface area contributed by atoms with Gasteiger partial charge in [0.25, 0.3) is 0 Å². The SMILES string of the molecule is c1ccc(-c2ccc(-c3nc(-c4ccccc4)nc(-c4cccc(-c5c(-c6cccc7c6-c6ccccc6C7(c6ccccc6)c6ccccc6)ccc6ccccc56)c4)n3)cc2)cc1. The van der Waals surface area contributed by atoms with Crippen LogP contribution in [0.15, 0.2) is 249 Å². The molecule has 65 heavy (non-hydrogen) atoms. The van der Waals surface area contributed by atoms with Gasteiger partial charge in [-0.2, -0.15) is 0 Å². The lowest BCUT2D eigenvalue weighted by Gasteiger charge is -2.34. The third-order valence-electron chi connectivity index (χ3n) is 13.0. The number of benzene rings is 10. The van der Waals surface area contributed by atoms with Gasteiger partial charge >= 0.3 is 0 Å². The van der Waals surface area contributed by atoms with Crippen molar-refractivity contribution in [1.29, 1.82) is 0 Å². The van der Waals surface area contributed by atoms with Crippen LogP contribution in [0.4, 0.5) is 0 Å². The Labute approximate surface area is 379 Å². The lowest BCUT2D eigenvalue weighted by molar-refractivity contribution is 0.768. The highest BCUT2D eigenvalue weighted by Crippen LogP contribution is 2.59. The maximum atomic E-state index is 5.20. The summed E-state index contributed by atoms with van der Waals surface area (Å²) in [6.07, 6.45) is 0. The average molecular weight is 828 g/mol. The molecule has 1 heterocycles. The van der Waals surface area contributed by atoms with Crippen molar-refractivity contribution in [3.8, 4) is 78.7 Å². The quantitative estimate of drug-likeness (QED) is 0.153. The Balaban J connectivity index is 1.06. The van der Waals surface area contributed by atoms with Gasteiger partial charge in [-0.05, 0) is 83.6 Å². The predicted molar refractivity (Wildman–Crippen MR) is 267 cm³/mol. The maximum Gasteiger partial charge on any atom is 0.164 e. The fraction of sp³-hybridized carbons (Fsp3) is 0.0161. The summed E-state index contributed by atoms with van der Waals surface area (Å²) < 4.78 is 0. The summed E-state index contributed by atoms with van der Waals surface area (Å²) >= 11 is 0. The lowest BCUT2D eigenvalue weighted by atomic mass is 9.67. The van der Waals surface area contributed by atoms with Crippen LogP contribution in [0.5, 0.6) is 0 Å². The van der Waals surface area contributed by atoms with Gasteiger partial charge in [0.2, 0.25) is 0 Å². The van der Waals surface area contributed by atoms with Gasteiger partial charge in [0.1, 0.15) is 0 Å². The number of aromatic nitrogens is 3. The molecule has 0 N–H and O–H groups in total. The molecule has 1 aliphatic carbocycles. The van der Waals surface area contributed by atoms with Crippen molar-refractivity contribution in [2.75, 3.05) is 0 Å². The monoisotopic (exact) mass is 827 g/mol. The van der Waals surface area contributed by atoms with Crippen molar-refractivity contribution in [2.45, 2.75) is 5.41 Å². The van der Waals surface area contributed by atoms with Crippen LogP contribution in [0.1, 0.15) is 22.3 Å². The van der Waals surface area contributed by atoms with E-state index in [0.29, 0.717) is 17.5 Å². The van der Waals surface area contributed by atoms with E-state index >= 15 is 0 Å². The van der Waals surface area contributed by atoms with Crippen molar-refractivity contribution < 1.29 is 0 Å². The van der Waals surface area contributed by atoms with E-state index in [1.165, 1.54) is 66.4 Å². The molecule has 1 aromatic heterocycles. The molecule has 0 saturated carbocycles. The van der Waals surface area contributed by atoms with Crippen LogP contribution in [0.2, 0.25) is 0 Å². The molecule has 3 heteroatoms. The van der Waals surface area contributed by atoms with Crippen LogP contribution in [-0.4, -0.2) is 15.0 Å². The molecule has 304 valence electrons. The van der Waals surface area contributed by atoms with Crippen LogP contribution >= 0.6 is 0 Å². The zero-order valence-corrected chi connectivity index (χ0v) is 35.5. The number of fused-ring (bicyclic) bond motifs is 4. The summed E-state index contributed by atoms with van der Waals surface area (Å²) in [5.41, 5.74) is 16.8. The zero-order valence-electron chi connectivity index (χ0n) is 35.5. The molecule has 0 fully saturated rings. The summed E-state index contributed by atoms with van der Waals surface area (Å²) in [6, 6.07) is 89.1. The van der Waals surface area contributed by atoms with Crippen LogP contribution in [0, 0.1) is 0 Å². The first-order valence-corrected chi connectivity index (χ1v) is 22.2. The maximum absolute atomic E-state index is 5.20. The van der Waals surface area contributed by atoms with E-state index in [4.69, 9.17) is 15.0 Å². The van der Waals surface area contributed by atoms with E-state index in [2.05, 4.69) is 224 Å². The Kier molecular flexibility index (Phi) is 9.39. The highest BCUT2D eigenvalue weighted by atomic mass is 15.0. The van der Waals surface area contributed by atoms with Crippen molar-refractivity contribution in [2.24, 2.45) is 0 Å². The predicted octanol–water partition coefficient (Wildman–Crippen LogP) is 15.4. The largest absolute Gasteiger partial charge is 0.208 e. The molecule has 0 unspecified atom stereocenters. The van der Waals surface area contributed by atoms with E-state index in [1.807, 2.05) is 24.3 Å². The number of hydrogen-bond acceptors (Lipinski definition) is 3. The third-order valence-corrected chi connectivity index (χ3v) is 13.0. The number of rotatable bonds is 8. The van der Waals surface area contributed by atoms with E-state index < -0.39 is 5.41 Å². The molecule has 0 spiro atoms. The molecule has 0 radical (unpaired) electrons. The van der Waals surface area contributed by atoms with E-state index in [0.717, 1.165) is 27.8 Å². The minimum atomic E-state index is -0.504. The molecule has 0 saturated heterocycles. The fourth-order valence-electron chi connectivity index (χ4n) is 10.1. The summed E-state index contributed by atoms with van der Waals surface area (Å²) in [5.74, 6) is 1.88. The Morgan fingerprint density at radius 3 is 1.40 bits per heavy atom. The van der Waals surface area contributed by atoms with Crippen molar-refractivity contribution in [3.63, 3.8) is 0 Å². The highest BCUT2D eigenvalue weighted by Gasteiger charge is 2.46. The normalized spacial score (nSPS) is 12.4. The molecule has 0 bridgehead atoms. The molecule has 0 amide bonds. The first-order chi connectivity index (χ1) is 32.2. The van der Waals surface area contributed by atoms with Gasteiger partial charge < -0.3 is 0 Å². The molecule has 12 rings (SSSR count). The third kappa shape index (κ3) is 6.48. The Bertz CT molecular complexity index is 3470. The topological polar surface area (TPSA) is 38.7 Å². The number of nitrogens with zero attached hydrogens (tertiary/aromatic N) is 3. The molecule has 0 aliphatic heterocycles. The number of hydrogen-bond donors (Lipinski definition) is 0. The first-order valence-electron chi connectivity index (χ1n) is 22.2. The highest BCUT2D eigenvalue weighted by molar-refractivity contribution is 6.08. The standard InChI is InChI=1S/C62H41N3/c1-5-19-42(20-6-1)43-35-37-46(38-36-43)60-63-59(45-22-7-2-8-23-45)64-61(65-60)48-25-17-24-47(41-48)57-51-30-14-13-21-44(51)39-40-53(57)52-32-18-34-56-58(52)54-31-15-16-33-55(54)62(56,49-26-9-3-10-27-49)50-28-11-4-12-29-50/h1-41H. The second-order valence-corrected chi connectivity index (χ2v) is 16.7. The van der Waals surface area contributed by atoms with E-state index in [-0.39, 0.29) is 0 Å². The van der Waals surface area contributed by atoms with Crippen molar-refractivity contribution >= 4 is 10.8 Å². The average Bonchev–Trinajstić information content (AvgIpc) is 3.70. The molecule has 0 atom stereocenters. The van der Waals surface area contributed by atoms with E-state index in [1.54, 1.807) is 0 Å². The van der Waals surface area contributed by atoms with Crippen LogP contribution in [0.3, 0.4) is 0 Å². The van der Waals surface area contributed by atoms with Gasteiger partial charge in [-0.3, -0.25) is 0 Å².